The monoisotopic (exact) mass is 340 g/mol. The lowest BCUT2D eigenvalue weighted by Crippen LogP contribution is -2.32. The van der Waals surface area contributed by atoms with Gasteiger partial charge in [-0.2, -0.15) is 0 Å². The molecule has 6 heteroatoms. The fourth-order valence-corrected chi connectivity index (χ4v) is 2.31. The van der Waals surface area contributed by atoms with Crippen LogP contribution in [0.3, 0.4) is 0 Å². The molecule has 0 aliphatic heterocycles. The fraction of sp³-hybridized carbons (Fsp3) is 0.316. The highest BCUT2D eigenvalue weighted by Gasteiger charge is 2.13. The molecule has 0 atom stereocenters. The molecule has 2 aromatic rings. The Bertz CT molecular complexity index is 744. The van der Waals surface area contributed by atoms with Crippen molar-refractivity contribution >= 4 is 17.5 Å². The first-order valence-electron chi connectivity index (χ1n) is 8.30. The summed E-state index contributed by atoms with van der Waals surface area (Å²) in [4.78, 5) is 30.7. The van der Waals surface area contributed by atoms with Gasteiger partial charge in [-0.05, 0) is 44.3 Å². The van der Waals surface area contributed by atoms with Crippen molar-refractivity contribution in [2.45, 2.75) is 13.3 Å². The molecule has 25 heavy (non-hydrogen) atoms. The van der Waals surface area contributed by atoms with Crippen molar-refractivity contribution in [1.29, 1.82) is 0 Å². The van der Waals surface area contributed by atoms with Crippen molar-refractivity contribution < 1.29 is 9.59 Å². The van der Waals surface area contributed by atoms with Gasteiger partial charge in [-0.25, -0.2) is 4.98 Å². The first-order chi connectivity index (χ1) is 12.0. The van der Waals surface area contributed by atoms with E-state index in [1.54, 1.807) is 18.2 Å². The molecule has 132 valence electrons. The summed E-state index contributed by atoms with van der Waals surface area (Å²) < 4.78 is 0. The van der Waals surface area contributed by atoms with Gasteiger partial charge in [0.25, 0.3) is 11.8 Å². The number of aryl methyl sites for hydroxylation is 1. The van der Waals surface area contributed by atoms with Gasteiger partial charge in [0.1, 0.15) is 11.4 Å². The summed E-state index contributed by atoms with van der Waals surface area (Å²) in [5.41, 5.74) is 2.26. The van der Waals surface area contributed by atoms with Gasteiger partial charge in [-0.15, -0.1) is 0 Å². The van der Waals surface area contributed by atoms with E-state index in [-0.39, 0.29) is 23.2 Å². The van der Waals surface area contributed by atoms with E-state index in [4.69, 9.17) is 0 Å². The lowest BCUT2D eigenvalue weighted by Gasteiger charge is -2.11. The normalized spacial score (nSPS) is 10.6. The number of hydrogen-bond acceptors (Lipinski definition) is 4. The van der Waals surface area contributed by atoms with Gasteiger partial charge in [0.05, 0.1) is 0 Å². The van der Waals surface area contributed by atoms with E-state index in [0.29, 0.717) is 6.54 Å². The topological polar surface area (TPSA) is 74.3 Å². The van der Waals surface area contributed by atoms with E-state index < -0.39 is 0 Å². The van der Waals surface area contributed by atoms with Crippen LogP contribution in [0.2, 0.25) is 0 Å². The Morgan fingerprint density at radius 2 is 1.68 bits per heavy atom. The van der Waals surface area contributed by atoms with Crippen LogP contribution in [0.1, 0.15) is 33.5 Å². The van der Waals surface area contributed by atoms with Crippen LogP contribution in [0.25, 0.3) is 0 Å². The van der Waals surface area contributed by atoms with E-state index in [1.165, 1.54) is 0 Å². The van der Waals surface area contributed by atoms with Gasteiger partial charge in [0.15, 0.2) is 0 Å². The van der Waals surface area contributed by atoms with Crippen LogP contribution in [0.15, 0.2) is 42.5 Å². The summed E-state index contributed by atoms with van der Waals surface area (Å²) in [5, 5.41) is 5.65. The van der Waals surface area contributed by atoms with Crippen LogP contribution >= 0.6 is 0 Å². The summed E-state index contributed by atoms with van der Waals surface area (Å²) in [6.45, 7) is 3.29. The van der Waals surface area contributed by atoms with Crippen LogP contribution in [-0.4, -0.2) is 48.9 Å². The number of pyridine rings is 1. The third-order valence-corrected chi connectivity index (χ3v) is 3.71. The van der Waals surface area contributed by atoms with Gasteiger partial charge in [0, 0.05) is 18.8 Å². The number of amides is 2. The lowest BCUT2D eigenvalue weighted by molar-refractivity contribution is 0.0946. The third kappa shape index (κ3) is 5.39. The number of nitrogens with one attached hydrogen (secondary N) is 2. The highest BCUT2D eigenvalue weighted by molar-refractivity contribution is 6.04. The zero-order valence-electron chi connectivity index (χ0n) is 14.9. The molecule has 0 spiro atoms. The minimum atomic E-state index is -0.330. The van der Waals surface area contributed by atoms with Crippen molar-refractivity contribution in [2.24, 2.45) is 0 Å². The second-order valence-electron chi connectivity index (χ2n) is 5.93. The zero-order valence-corrected chi connectivity index (χ0v) is 14.9. The summed E-state index contributed by atoms with van der Waals surface area (Å²) in [7, 11) is 3.87. The Kier molecular flexibility index (Phi) is 6.65. The van der Waals surface area contributed by atoms with Gasteiger partial charge in [-0.3, -0.25) is 9.59 Å². The molecular formula is C19H24N4O2. The molecule has 1 aromatic heterocycles. The predicted octanol–water partition coefficient (Wildman–Crippen LogP) is 2.19. The second-order valence-corrected chi connectivity index (χ2v) is 5.93. The highest BCUT2D eigenvalue weighted by Crippen LogP contribution is 2.16. The Hall–Kier alpha value is -2.73. The number of nitrogens with zero attached hydrogens (tertiary/aromatic N) is 2. The van der Waals surface area contributed by atoms with E-state index in [9.17, 15) is 9.59 Å². The molecule has 2 rings (SSSR count). The maximum Gasteiger partial charge on any atom is 0.274 e. The Morgan fingerprint density at radius 3 is 2.36 bits per heavy atom. The van der Waals surface area contributed by atoms with Crippen molar-refractivity contribution in [1.82, 2.24) is 15.2 Å². The van der Waals surface area contributed by atoms with Gasteiger partial charge in [0.2, 0.25) is 0 Å². The Labute approximate surface area is 148 Å². The molecule has 1 heterocycles. The van der Waals surface area contributed by atoms with Crippen LogP contribution in [0.4, 0.5) is 5.69 Å². The number of carbonyl (C=O) groups is 2. The predicted molar refractivity (Wildman–Crippen MR) is 98.9 cm³/mol. The number of aromatic nitrogens is 1. The number of benzene rings is 1. The van der Waals surface area contributed by atoms with Crippen LogP contribution in [0.5, 0.6) is 0 Å². The number of para-hydroxylation sites is 1. The maximum absolute atomic E-state index is 12.4. The van der Waals surface area contributed by atoms with Crippen molar-refractivity contribution in [2.75, 3.05) is 32.5 Å². The third-order valence-electron chi connectivity index (χ3n) is 3.71. The van der Waals surface area contributed by atoms with Crippen LogP contribution in [-0.2, 0) is 6.42 Å². The molecule has 0 aliphatic carbocycles. The first-order valence-corrected chi connectivity index (χ1v) is 8.30. The molecule has 0 saturated heterocycles. The largest absolute Gasteiger partial charge is 0.349 e. The minimum Gasteiger partial charge on any atom is -0.349 e. The maximum atomic E-state index is 12.4. The Morgan fingerprint density at radius 1 is 1.00 bits per heavy atom. The van der Waals surface area contributed by atoms with Crippen molar-refractivity contribution in [3.63, 3.8) is 0 Å². The molecular weight excluding hydrogens is 316 g/mol. The standard InChI is InChI=1S/C19H24N4O2/c1-4-14-8-5-6-9-15(14)22-19(25)17-11-7-10-16(21-17)18(24)20-12-13-23(2)3/h5-11H,4,12-13H2,1-3H3,(H,20,24)(H,22,25). The molecule has 1 aromatic carbocycles. The summed E-state index contributed by atoms with van der Waals surface area (Å²) >= 11 is 0. The van der Waals surface area contributed by atoms with E-state index >= 15 is 0 Å². The molecule has 0 radical (unpaired) electrons. The minimum absolute atomic E-state index is 0.214. The molecule has 0 fully saturated rings. The van der Waals surface area contributed by atoms with Crippen molar-refractivity contribution in [3.8, 4) is 0 Å². The number of rotatable bonds is 7. The average Bonchev–Trinajstić information content (AvgIpc) is 2.61. The number of hydrogen-bond donors (Lipinski definition) is 2. The van der Waals surface area contributed by atoms with E-state index in [1.807, 2.05) is 50.2 Å². The number of carbonyl (C=O) groups excluding carboxylic acids is 2. The van der Waals surface area contributed by atoms with Gasteiger partial charge < -0.3 is 15.5 Å². The molecule has 6 nitrogen and oxygen atoms in total. The molecule has 0 bridgehead atoms. The smallest absolute Gasteiger partial charge is 0.274 e. The number of anilines is 1. The second kappa shape index (κ2) is 8.94. The summed E-state index contributed by atoms with van der Waals surface area (Å²) in [6.07, 6.45) is 0.818. The van der Waals surface area contributed by atoms with Crippen LogP contribution < -0.4 is 10.6 Å². The average molecular weight is 340 g/mol. The molecule has 0 unspecified atom stereocenters. The summed E-state index contributed by atoms with van der Waals surface area (Å²) in [6, 6.07) is 12.5. The van der Waals surface area contributed by atoms with Gasteiger partial charge in [-0.1, -0.05) is 31.2 Å². The first kappa shape index (κ1) is 18.6. The fourth-order valence-electron chi connectivity index (χ4n) is 2.31. The summed E-state index contributed by atoms with van der Waals surface area (Å²) in [5.74, 6) is -0.616. The Balaban J connectivity index is 2.07. The van der Waals surface area contributed by atoms with Crippen molar-refractivity contribution in [3.05, 3.63) is 59.4 Å². The molecule has 0 aliphatic rings. The van der Waals surface area contributed by atoms with Gasteiger partial charge >= 0.3 is 0 Å². The van der Waals surface area contributed by atoms with E-state index in [2.05, 4.69) is 15.6 Å². The zero-order chi connectivity index (χ0) is 18.2. The van der Waals surface area contributed by atoms with E-state index in [0.717, 1.165) is 24.2 Å². The number of likely N-dealkylation sites (N-methyl/N-ethyl adjacent to an activating group) is 1. The quantitative estimate of drug-likeness (QED) is 0.810. The molecule has 2 N–H and O–H groups in total. The highest BCUT2D eigenvalue weighted by atomic mass is 16.2. The van der Waals surface area contributed by atoms with Crippen LogP contribution in [0, 0.1) is 0 Å². The lowest BCUT2D eigenvalue weighted by atomic mass is 10.1. The SMILES string of the molecule is CCc1ccccc1NC(=O)c1cccc(C(=O)NCCN(C)C)n1. The molecule has 0 saturated carbocycles. The molecule has 2 amide bonds.